The fourth-order valence-corrected chi connectivity index (χ4v) is 5.13. The zero-order valence-corrected chi connectivity index (χ0v) is 25.4. The molecule has 0 fully saturated rings. The second-order valence-corrected chi connectivity index (χ2v) is 10.6. The Bertz CT molecular complexity index is 1740. The smallest absolute Gasteiger partial charge is 0.325 e. The number of esters is 1. The number of aryl methyl sites for hydroxylation is 1. The lowest BCUT2D eigenvalue weighted by molar-refractivity contribution is -0.492. The van der Waals surface area contributed by atoms with Crippen LogP contribution in [0.1, 0.15) is 54.4 Å². The standard InChI is InChI=1S/C32H36N8O6/c1-2-3-13-28-34-27-12-8-11-26(32(42)33-20-29(41)45-18-6-7-19-46-40(43)44)30(27)39(28)21-22-14-16-23(17-15-22)24-9-4-5-10-25(24)31-35-37-38-36-31/h4-5,8-12,14-17,43-44H,2-3,6-7,13,18-21H2,1H3,(H,33,42)(H,35,36,37,38). The summed E-state index contributed by atoms with van der Waals surface area (Å²) in [6, 6.07) is 21.5. The lowest BCUT2D eigenvalue weighted by atomic mass is 9.98. The predicted octanol–water partition coefficient (Wildman–Crippen LogP) is 4.34. The molecule has 0 saturated carbocycles. The van der Waals surface area contributed by atoms with Gasteiger partial charge in [-0.1, -0.05) is 67.9 Å². The molecule has 1 amide bonds. The number of hydrogen-bond acceptors (Lipinski definition) is 11. The Kier molecular flexibility index (Phi) is 11.1. The summed E-state index contributed by atoms with van der Waals surface area (Å²) in [5.41, 5.74) is 5.73. The van der Waals surface area contributed by atoms with Crippen molar-refractivity contribution in [2.24, 2.45) is 0 Å². The zero-order valence-electron chi connectivity index (χ0n) is 25.4. The van der Waals surface area contributed by atoms with Gasteiger partial charge in [-0.15, -0.1) is 10.2 Å². The highest BCUT2D eigenvalue weighted by Gasteiger charge is 2.19. The van der Waals surface area contributed by atoms with E-state index in [2.05, 4.69) is 66.5 Å². The molecule has 0 aliphatic rings. The number of nitrogens with one attached hydrogen (secondary N) is 2. The Morgan fingerprint density at radius 2 is 1.74 bits per heavy atom. The van der Waals surface area contributed by atoms with Crippen LogP contribution in [-0.2, 0) is 27.3 Å². The maximum Gasteiger partial charge on any atom is 0.325 e. The Hall–Kier alpha value is -5.02. The second kappa shape index (κ2) is 15.8. The molecule has 0 saturated heterocycles. The minimum atomic E-state index is -0.578. The highest BCUT2D eigenvalue weighted by molar-refractivity contribution is 6.06. The number of H-pyrrole nitrogens is 1. The number of carbonyl (C=O) groups excluding carboxylic acids is 2. The summed E-state index contributed by atoms with van der Waals surface area (Å²) < 4.78 is 7.25. The van der Waals surface area contributed by atoms with Gasteiger partial charge in [0.1, 0.15) is 12.4 Å². The van der Waals surface area contributed by atoms with Gasteiger partial charge in [0, 0.05) is 18.5 Å². The van der Waals surface area contributed by atoms with E-state index in [1.807, 2.05) is 30.3 Å². The Labute approximate surface area is 264 Å². The first-order valence-electron chi connectivity index (χ1n) is 15.1. The van der Waals surface area contributed by atoms with Crippen molar-refractivity contribution in [3.8, 4) is 22.5 Å². The van der Waals surface area contributed by atoms with Crippen LogP contribution in [-0.4, -0.2) is 77.6 Å². The van der Waals surface area contributed by atoms with Gasteiger partial charge in [-0.25, -0.2) is 4.98 Å². The molecule has 240 valence electrons. The number of nitrogens with zero attached hydrogens (tertiary/aromatic N) is 6. The van der Waals surface area contributed by atoms with Crippen molar-refractivity contribution < 1.29 is 29.6 Å². The maximum absolute atomic E-state index is 13.4. The largest absolute Gasteiger partial charge is 0.464 e. The molecule has 0 bridgehead atoms. The molecule has 14 nitrogen and oxygen atoms in total. The van der Waals surface area contributed by atoms with Crippen molar-refractivity contribution in [2.75, 3.05) is 19.8 Å². The molecule has 14 heteroatoms. The summed E-state index contributed by atoms with van der Waals surface area (Å²) in [5, 5.41) is 33.8. The number of aromatic amines is 1. The van der Waals surface area contributed by atoms with Crippen LogP contribution in [0, 0.1) is 0 Å². The number of hydrogen-bond donors (Lipinski definition) is 4. The number of fused-ring (bicyclic) bond motifs is 1. The number of aromatic nitrogens is 6. The summed E-state index contributed by atoms with van der Waals surface area (Å²) in [6.07, 6.45) is 3.61. The SMILES string of the molecule is CCCCc1nc2cccc(C(=O)NCC(=O)OCCCCON(O)O)c2n1Cc1ccc(-c2ccccc2-c2nn[nH]n2)cc1. The van der Waals surface area contributed by atoms with Crippen molar-refractivity contribution in [3.05, 3.63) is 83.7 Å². The van der Waals surface area contributed by atoms with Crippen molar-refractivity contribution >= 4 is 22.9 Å². The van der Waals surface area contributed by atoms with E-state index in [9.17, 15) is 9.59 Å². The van der Waals surface area contributed by atoms with Crippen molar-refractivity contribution in [2.45, 2.75) is 45.6 Å². The molecule has 46 heavy (non-hydrogen) atoms. The van der Waals surface area contributed by atoms with Crippen molar-refractivity contribution in [1.82, 2.24) is 40.9 Å². The van der Waals surface area contributed by atoms with Crippen LogP contribution in [0.3, 0.4) is 0 Å². The first kappa shape index (κ1) is 32.4. The van der Waals surface area contributed by atoms with Crippen molar-refractivity contribution in [3.63, 3.8) is 0 Å². The molecule has 0 radical (unpaired) electrons. The van der Waals surface area contributed by atoms with Gasteiger partial charge < -0.3 is 14.6 Å². The Morgan fingerprint density at radius 3 is 2.48 bits per heavy atom. The van der Waals surface area contributed by atoms with E-state index >= 15 is 0 Å². The zero-order chi connectivity index (χ0) is 32.3. The van der Waals surface area contributed by atoms with Gasteiger partial charge in [-0.3, -0.25) is 24.8 Å². The quantitative estimate of drug-likeness (QED) is 0.0693. The molecule has 0 spiro atoms. The fraction of sp³-hybridized carbons (Fsp3) is 0.312. The Balaban J connectivity index is 1.32. The number of tetrazole rings is 1. The average molecular weight is 629 g/mol. The number of unbranched alkanes of at least 4 members (excludes halogenated alkanes) is 2. The van der Waals surface area contributed by atoms with Crippen LogP contribution in [0.4, 0.5) is 0 Å². The van der Waals surface area contributed by atoms with Gasteiger partial charge in [0.2, 0.25) is 5.82 Å². The molecule has 0 aliphatic carbocycles. The number of imidazole rings is 1. The molecule has 2 aromatic heterocycles. The third-order valence-electron chi connectivity index (χ3n) is 7.36. The number of amides is 1. The van der Waals surface area contributed by atoms with Gasteiger partial charge in [-0.2, -0.15) is 5.21 Å². The van der Waals surface area contributed by atoms with Crippen LogP contribution >= 0.6 is 0 Å². The number of carbonyl (C=O) groups is 2. The third kappa shape index (κ3) is 8.17. The average Bonchev–Trinajstić information content (AvgIpc) is 3.73. The Morgan fingerprint density at radius 1 is 0.957 bits per heavy atom. The monoisotopic (exact) mass is 628 g/mol. The van der Waals surface area contributed by atoms with Gasteiger partial charge >= 0.3 is 5.97 Å². The van der Waals surface area contributed by atoms with Gasteiger partial charge in [-0.05, 0) is 53.3 Å². The molecular weight excluding hydrogens is 592 g/mol. The first-order valence-corrected chi connectivity index (χ1v) is 15.1. The van der Waals surface area contributed by atoms with Crippen LogP contribution in [0.25, 0.3) is 33.5 Å². The molecule has 5 rings (SSSR count). The molecule has 4 N–H and O–H groups in total. The molecule has 3 aromatic carbocycles. The van der Waals surface area contributed by atoms with E-state index in [1.165, 1.54) is 0 Å². The molecular formula is C32H36N8O6. The fourth-order valence-electron chi connectivity index (χ4n) is 5.13. The van der Waals surface area contributed by atoms with E-state index in [1.54, 1.807) is 12.1 Å². The highest BCUT2D eigenvalue weighted by Crippen LogP contribution is 2.30. The van der Waals surface area contributed by atoms with E-state index in [4.69, 9.17) is 20.1 Å². The van der Waals surface area contributed by atoms with Gasteiger partial charge in [0.05, 0.1) is 35.2 Å². The van der Waals surface area contributed by atoms with E-state index in [-0.39, 0.29) is 25.1 Å². The predicted molar refractivity (Wildman–Crippen MR) is 166 cm³/mol. The van der Waals surface area contributed by atoms with Crippen molar-refractivity contribution in [1.29, 1.82) is 0 Å². The van der Waals surface area contributed by atoms with E-state index in [0.717, 1.165) is 47.3 Å². The summed E-state index contributed by atoms with van der Waals surface area (Å²) in [7, 11) is 0. The minimum absolute atomic E-state index is 0.0544. The van der Waals surface area contributed by atoms with Crippen LogP contribution in [0.15, 0.2) is 66.7 Å². The lowest BCUT2D eigenvalue weighted by Crippen LogP contribution is -2.31. The topological polar surface area (TPSA) is 181 Å². The normalized spacial score (nSPS) is 11.3. The summed E-state index contributed by atoms with van der Waals surface area (Å²) in [6.45, 7) is 2.50. The molecule has 5 aromatic rings. The molecule has 2 heterocycles. The van der Waals surface area contributed by atoms with Gasteiger partial charge in [0.25, 0.3) is 5.91 Å². The number of benzene rings is 3. The van der Waals surface area contributed by atoms with Gasteiger partial charge in [0.15, 0.2) is 0 Å². The summed E-state index contributed by atoms with van der Waals surface area (Å²) >= 11 is 0. The lowest BCUT2D eigenvalue weighted by Gasteiger charge is -2.13. The highest BCUT2D eigenvalue weighted by atomic mass is 17.1. The number of ether oxygens (including phenoxy) is 1. The summed E-state index contributed by atoms with van der Waals surface area (Å²) in [5.74, 6) is 0.426. The van der Waals surface area contributed by atoms with Crippen LogP contribution in [0.2, 0.25) is 0 Å². The minimum Gasteiger partial charge on any atom is -0.464 e. The van der Waals surface area contributed by atoms with Crippen LogP contribution < -0.4 is 5.32 Å². The first-order chi connectivity index (χ1) is 22.4. The maximum atomic E-state index is 13.4. The number of para-hydroxylation sites is 1. The van der Waals surface area contributed by atoms with E-state index < -0.39 is 11.9 Å². The molecule has 0 aliphatic heterocycles. The number of rotatable bonds is 16. The molecule has 0 atom stereocenters. The summed E-state index contributed by atoms with van der Waals surface area (Å²) in [4.78, 5) is 34.9. The third-order valence-corrected chi connectivity index (χ3v) is 7.36. The second-order valence-electron chi connectivity index (χ2n) is 10.6. The van der Waals surface area contributed by atoms with Crippen LogP contribution in [0.5, 0.6) is 0 Å². The van der Waals surface area contributed by atoms with E-state index in [0.29, 0.717) is 41.8 Å². The molecule has 0 unspecified atom stereocenters.